The van der Waals surface area contributed by atoms with E-state index in [2.05, 4.69) is 27.3 Å². The smallest absolute Gasteiger partial charge is 0.261 e. The number of aryl methyl sites for hydroxylation is 1. The van der Waals surface area contributed by atoms with Gasteiger partial charge >= 0.3 is 0 Å². The molecule has 0 saturated carbocycles. The van der Waals surface area contributed by atoms with Crippen LogP contribution < -0.4 is 4.72 Å². The lowest BCUT2D eigenvalue weighted by Crippen LogP contribution is -2.12. The molecule has 0 unspecified atom stereocenters. The monoisotopic (exact) mass is 319 g/mol. The first-order chi connectivity index (χ1) is 9.94. The summed E-state index contributed by atoms with van der Waals surface area (Å²) in [6, 6.07) is 11.9. The Balaban J connectivity index is 1.99. The third kappa shape index (κ3) is 2.88. The molecule has 2 N–H and O–H groups in total. The van der Waals surface area contributed by atoms with E-state index in [1.165, 1.54) is 12.1 Å². The van der Waals surface area contributed by atoms with Crippen LogP contribution >= 0.6 is 12.6 Å². The fraction of sp³-hybridized carbons (Fsp3) is 0.0714. The molecule has 1 aromatic heterocycles. The summed E-state index contributed by atoms with van der Waals surface area (Å²) in [6.45, 7) is 1.90. The van der Waals surface area contributed by atoms with Crippen LogP contribution in [-0.4, -0.2) is 18.4 Å². The Morgan fingerprint density at radius 3 is 2.76 bits per heavy atom. The van der Waals surface area contributed by atoms with E-state index in [-0.39, 0.29) is 4.90 Å². The summed E-state index contributed by atoms with van der Waals surface area (Å²) >= 11 is 4.11. The van der Waals surface area contributed by atoms with Crippen LogP contribution in [0.1, 0.15) is 5.56 Å². The zero-order valence-corrected chi connectivity index (χ0v) is 12.9. The zero-order valence-electron chi connectivity index (χ0n) is 11.2. The Kier molecular flexibility index (Phi) is 3.38. The number of aromatic nitrogens is 2. The predicted molar refractivity (Wildman–Crippen MR) is 85.3 cm³/mol. The lowest BCUT2D eigenvalue weighted by molar-refractivity contribution is 0.601. The van der Waals surface area contributed by atoms with Crippen LogP contribution in [0.5, 0.6) is 0 Å². The van der Waals surface area contributed by atoms with Crippen LogP contribution in [0.4, 0.5) is 5.69 Å². The maximum atomic E-state index is 12.4. The summed E-state index contributed by atoms with van der Waals surface area (Å²) in [7, 11) is -3.64. The highest BCUT2D eigenvalue weighted by Gasteiger charge is 2.15. The second-order valence-electron chi connectivity index (χ2n) is 4.71. The van der Waals surface area contributed by atoms with Gasteiger partial charge in [-0.1, -0.05) is 12.1 Å². The second kappa shape index (κ2) is 5.09. The molecule has 0 amide bonds. The molecule has 1 heterocycles. The maximum Gasteiger partial charge on any atom is 0.261 e. The van der Waals surface area contributed by atoms with Crippen LogP contribution in [0, 0.1) is 6.92 Å². The van der Waals surface area contributed by atoms with Gasteiger partial charge in [-0.3, -0.25) is 4.72 Å². The summed E-state index contributed by atoms with van der Waals surface area (Å²) < 4.78 is 27.4. The number of thiol groups is 1. The first-order valence-electron chi connectivity index (χ1n) is 6.22. The van der Waals surface area contributed by atoms with Crippen molar-refractivity contribution in [3.8, 4) is 0 Å². The van der Waals surface area contributed by atoms with Crippen LogP contribution in [0.25, 0.3) is 11.0 Å². The summed E-state index contributed by atoms with van der Waals surface area (Å²) in [6.07, 6.45) is 0. The molecule has 108 valence electrons. The van der Waals surface area contributed by atoms with Crippen molar-refractivity contribution >= 4 is 39.4 Å². The number of sulfonamides is 1. The number of hydrogen-bond donors (Lipinski definition) is 3. The standard InChI is InChI=1S/C14H13N3O2S2/c1-9-3-2-4-10(7-9)17-21(18,19)11-5-6-12-13(8-11)16-14(20)15-12/h2-8,17H,1H3,(H2,15,16,20). The number of fused-ring (bicyclic) bond motifs is 1. The molecule has 0 radical (unpaired) electrons. The van der Waals surface area contributed by atoms with Gasteiger partial charge in [-0.15, -0.1) is 12.6 Å². The summed E-state index contributed by atoms with van der Waals surface area (Å²) in [5.41, 5.74) is 2.83. The van der Waals surface area contributed by atoms with Crippen molar-refractivity contribution in [1.82, 2.24) is 9.97 Å². The van der Waals surface area contributed by atoms with Gasteiger partial charge in [0.1, 0.15) is 0 Å². The number of nitrogens with zero attached hydrogens (tertiary/aromatic N) is 1. The number of aromatic amines is 1. The zero-order chi connectivity index (χ0) is 15.0. The molecular weight excluding hydrogens is 306 g/mol. The number of imidazole rings is 1. The minimum Gasteiger partial charge on any atom is -0.333 e. The van der Waals surface area contributed by atoms with E-state index in [9.17, 15) is 8.42 Å². The van der Waals surface area contributed by atoms with Crippen molar-refractivity contribution in [3.05, 3.63) is 48.0 Å². The highest BCUT2D eigenvalue weighted by molar-refractivity contribution is 7.92. The Morgan fingerprint density at radius 1 is 1.19 bits per heavy atom. The number of hydrogen-bond acceptors (Lipinski definition) is 4. The minimum atomic E-state index is -3.64. The third-order valence-electron chi connectivity index (χ3n) is 3.02. The van der Waals surface area contributed by atoms with Gasteiger partial charge in [0, 0.05) is 5.69 Å². The molecule has 7 heteroatoms. The van der Waals surface area contributed by atoms with Gasteiger partial charge in [0.15, 0.2) is 5.16 Å². The molecule has 0 saturated heterocycles. The first-order valence-corrected chi connectivity index (χ1v) is 8.15. The van der Waals surface area contributed by atoms with Gasteiger partial charge < -0.3 is 4.98 Å². The second-order valence-corrected chi connectivity index (χ2v) is 6.82. The lowest BCUT2D eigenvalue weighted by atomic mass is 10.2. The van der Waals surface area contributed by atoms with Crippen molar-refractivity contribution in [1.29, 1.82) is 0 Å². The van der Waals surface area contributed by atoms with E-state index in [4.69, 9.17) is 0 Å². The molecule has 0 aliphatic carbocycles. The van der Waals surface area contributed by atoms with Gasteiger partial charge in [0.25, 0.3) is 10.0 Å². The Hall–Kier alpha value is -1.99. The molecule has 3 aromatic rings. The van der Waals surface area contributed by atoms with Crippen LogP contribution in [-0.2, 0) is 10.0 Å². The van der Waals surface area contributed by atoms with Gasteiger partial charge in [0.2, 0.25) is 0 Å². The van der Waals surface area contributed by atoms with Crippen molar-refractivity contribution in [3.63, 3.8) is 0 Å². The highest BCUT2D eigenvalue weighted by Crippen LogP contribution is 2.21. The fourth-order valence-corrected chi connectivity index (χ4v) is 3.36. The quantitative estimate of drug-likeness (QED) is 0.650. The van der Waals surface area contributed by atoms with Crippen LogP contribution in [0.3, 0.4) is 0 Å². The van der Waals surface area contributed by atoms with Crippen LogP contribution in [0.15, 0.2) is 52.5 Å². The average molecular weight is 319 g/mol. The van der Waals surface area contributed by atoms with E-state index in [1.807, 2.05) is 13.0 Å². The molecule has 0 atom stereocenters. The Labute approximate surface area is 127 Å². The first kappa shape index (κ1) is 14.0. The van der Waals surface area contributed by atoms with Crippen molar-refractivity contribution in [2.45, 2.75) is 17.0 Å². The highest BCUT2D eigenvalue weighted by atomic mass is 32.2. The molecule has 5 nitrogen and oxygen atoms in total. The van der Waals surface area contributed by atoms with E-state index in [0.29, 0.717) is 16.4 Å². The topological polar surface area (TPSA) is 74.8 Å². The molecule has 0 fully saturated rings. The van der Waals surface area contributed by atoms with E-state index in [1.54, 1.807) is 24.3 Å². The largest absolute Gasteiger partial charge is 0.333 e. The molecule has 21 heavy (non-hydrogen) atoms. The molecule has 0 bridgehead atoms. The molecule has 2 aromatic carbocycles. The number of nitrogens with one attached hydrogen (secondary N) is 2. The Morgan fingerprint density at radius 2 is 2.00 bits per heavy atom. The van der Waals surface area contributed by atoms with E-state index >= 15 is 0 Å². The van der Waals surface area contributed by atoms with Crippen molar-refractivity contribution in [2.24, 2.45) is 0 Å². The number of H-pyrrole nitrogens is 1. The van der Waals surface area contributed by atoms with Crippen molar-refractivity contribution in [2.75, 3.05) is 4.72 Å². The minimum absolute atomic E-state index is 0.163. The average Bonchev–Trinajstić information content (AvgIpc) is 2.77. The fourth-order valence-electron chi connectivity index (χ4n) is 2.06. The molecule has 0 spiro atoms. The molecular formula is C14H13N3O2S2. The predicted octanol–water partition coefficient (Wildman–Crippen LogP) is 2.96. The summed E-state index contributed by atoms with van der Waals surface area (Å²) in [4.78, 5) is 7.22. The van der Waals surface area contributed by atoms with Gasteiger partial charge in [-0.05, 0) is 42.8 Å². The third-order valence-corrected chi connectivity index (χ3v) is 4.61. The van der Waals surface area contributed by atoms with Gasteiger partial charge in [-0.25, -0.2) is 13.4 Å². The normalized spacial score (nSPS) is 11.7. The molecule has 3 rings (SSSR count). The van der Waals surface area contributed by atoms with E-state index < -0.39 is 10.0 Å². The number of rotatable bonds is 3. The van der Waals surface area contributed by atoms with E-state index in [0.717, 1.165) is 11.1 Å². The van der Waals surface area contributed by atoms with Crippen molar-refractivity contribution < 1.29 is 8.42 Å². The molecule has 0 aliphatic rings. The Bertz CT molecular complexity index is 917. The SMILES string of the molecule is Cc1cccc(NS(=O)(=O)c2ccc3[nH]c(S)nc3c2)c1. The lowest BCUT2D eigenvalue weighted by Gasteiger charge is -2.08. The summed E-state index contributed by atoms with van der Waals surface area (Å²) in [5.74, 6) is 0. The van der Waals surface area contributed by atoms with Crippen LogP contribution in [0.2, 0.25) is 0 Å². The molecule has 0 aliphatic heterocycles. The maximum absolute atomic E-state index is 12.4. The number of benzene rings is 2. The number of anilines is 1. The summed E-state index contributed by atoms with van der Waals surface area (Å²) in [5, 5.41) is 0.450. The van der Waals surface area contributed by atoms with Gasteiger partial charge in [-0.2, -0.15) is 0 Å². The van der Waals surface area contributed by atoms with Gasteiger partial charge in [0.05, 0.1) is 15.9 Å².